The maximum atomic E-state index is 11.8. The lowest BCUT2D eigenvalue weighted by molar-refractivity contribution is -0.135. The zero-order chi connectivity index (χ0) is 14.1. The van der Waals surface area contributed by atoms with E-state index in [2.05, 4.69) is 5.32 Å². The lowest BCUT2D eigenvalue weighted by Gasteiger charge is -2.30. The molecule has 0 heterocycles. The van der Waals surface area contributed by atoms with E-state index in [1.807, 2.05) is 0 Å². The van der Waals surface area contributed by atoms with Crippen molar-refractivity contribution >= 4 is 11.8 Å². The van der Waals surface area contributed by atoms with E-state index in [0.29, 0.717) is 26.1 Å². The summed E-state index contributed by atoms with van der Waals surface area (Å²) in [4.78, 5) is 23.5. The molecule has 0 aliphatic heterocycles. The molecule has 19 heavy (non-hydrogen) atoms. The summed E-state index contributed by atoms with van der Waals surface area (Å²) in [5.74, 6) is -0.739. The number of ether oxygens (including phenoxy) is 2. The third kappa shape index (κ3) is 5.16. The Balaban J connectivity index is 2.48. The molecule has 1 aliphatic rings. The summed E-state index contributed by atoms with van der Waals surface area (Å²) < 4.78 is 9.96. The minimum atomic E-state index is -0.891. The Hall–Kier alpha value is -1.14. The Morgan fingerprint density at radius 1 is 1.16 bits per heavy atom. The second kappa shape index (κ2) is 8.12. The molecular formula is C13H24N2O4. The Morgan fingerprint density at radius 3 is 2.32 bits per heavy atom. The number of carbonyl (C=O) groups is 2. The highest BCUT2D eigenvalue weighted by atomic mass is 16.5. The molecule has 0 aromatic heterocycles. The SMILES string of the molecule is COCCOCC(=O)NC1(C(N)=O)CCCCCC1. The van der Waals surface area contributed by atoms with E-state index in [4.69, 9.17) is 15.2 Å². The number of methoxy groups -OCH3 is 1. The van der Waals surface area contributed by atoms with Crippen LogP contribution in [0.2, 0.25) is 0 Å². The van der Waals surface area contributed by atoms with Crippen LogP contribution in [-0.2, 0) is 19.1 Å². The van der Waals surface area contributed by atoms with Gasteiger partial charge in [0.1, 0.15) is 12.1 Å². The van der Waals surface area contributed by atoms with Crippen LogP contribution in [0, 0.1) is 0 Å². The van der Waals surface area contributed by atoms with Crippen LogP contribution in [0.3, 0.4) is 0 Å². The Morgan fingerprint density at radius 2 is 1.79 bits per heavy atom. The van der Waals surface area contributed by atoms with Gasteiger partial charge >= 0.3 is 0 Å². The van der Waals surface area contributed by atoms with E-state index in [0.717, 1.165) is 25.7 Å². The van der Waals surface area contributed by atoms with Crippen molar-refractivity contribution < 1.29 is 19.1 Å². The van der Waals surface area contributed by atoms with E-state index in [1.54, 1.807) is 7.11 Å². The number of nitrogens with two attached hydrogens (primary N) is 1. The number of amides is 2. The largest absolute Gasteiger partial charge is 0.382 e. The highest BCUT2D eigenvalue weighted by Gasteiger charge is 2.38. The molecule has 6 nitrogen and oxygen atoms in total. The molecule has 0 atom stereocenters. The molecule has 0 radical (unpaired) electrons. The van der Waals surface area contributed by atoms with Crippen molar-refractivity contribution in [2.75, 3.05) is 26.9 Å². The molecule has 0 saturated heterocycles. The fourth-order valence-corrected chi connectivity index (χ4v) is 2.38. The van der Waals surface area contributed by atoms with Crippen LogP contribution in [0.4, 0.5) is 0 Å². The minimum Gasteiger partial charge on any atom is -0.382 e. The van der Waals surface area contributed by atoms with E-state index >= 15 is 0 Å². The van der Waals surface area contributed by atoms with Gasteiger partial charge in [0.2, 0.25) is 11.8 Å². The van der Waals surface area contributed by atoms with Crippen molar-refractivity contribution in [2.45, 2.75) is 44.1 Å². The zero-order valence-electron chi connectivity index (χ0n) is 11.6. The number of hydrogen-bond acceptors (Lipinski definition) is 4. The zero-order valence-corrected chi connectivity index (χ0v) is 11.6. The van der Waals surface area contributed by atoms with Crippen molar-refractivity contribution in [1.82, 2.24) is 5.32 Å². The summed E-state index contributed by atoms with van der Waals surface area (Å²) in [6, 6.07) is 0. The first kappa shape index (κ1) is 15.9. The van der Waals surface area contributed by atoms with Crippen LogP contribution < -0.4 is 11.1 Å². The van der Waals surface area contributed by atoms with Crippen LogP contribution >= 0.6 is 0 Å². The first-order chi connectivity index (χ1) is 9.10. The van der Waals surface area contributed by atoms with Gasteiger partial charge < -0.3 is 20.5 Å². The first-order valence-electron chi connectivity index (χ1n) is 6.78. The summed E-state index contributed by atoms with van der Waals surface area (Å²) in [6.07, 6.45) is 5.21. The summed E-state index contributed by atoms with van der Waals surface area (Å²) in [5.41, 5.74) is 4.59. The van der Waals surface area contributed by atoms with Gasteiger partial charge in [0, 0.05) is 7.11 Å². The fraction of sp³-hybridized carbons (Fsp3) is 0.846. The van der Waals surface area contributed by atoms with Gasteiger partial charge in [0.15, 0.2) is 0 Å². The van der Waals surface area contributed by atoms with Crippen LogP contribution in [0.25, 0.3) is 0 Å². The van der Waals surface area contributed by atoms with Crippen molar-refractivity contribution in [3.8, 4) is 0 Å². The molecule has 0 unspecified atom stereocenters. The number of hydrogen-bond donors (Lipinski definition) is 2. The van der Waals surface area contributed by atoms with E-state index in [-0.39, 0.29) is 12.5 Å². The molecule has 1 fully saturated rings. The normalized spacial score (nSPS) is 18.6. The molecule has 1 aliphatic carbocycles. The number of carbonyl (C=O) groups excluding carboxylic acids is 2. The first-order valence-corrected chi connectivity index (χ1v) is 6.78. The molecule has 1 rings (SSSR count). The average Bonchev–Trinajstić information content (AvgIpc) is 2.61. The highest BCUT2D eigenvalue weighted by molar-refractivity contribution is 5.90. The summed E-state index contributed by atoms with van der Waals surface area (Å²) >= 11 is 0. The topological polar surface area (TPSA) is 90.7 Å². The molecule has 0 aromatic carbocycles. The van der Waals surface area contributed by atoms with Gasteiger partial charge in [0.05, 0.1) is 13.2 Å². The van der Waals surface area contributed by atoms with Gasteiger partial charge in [0.25, 0.3) is 0 Å². The van der Waals surface area contributed by atoms with Gasteiger partial charge in [-0.2, -0.15) is 0 Å². The van der Waals surface area contributed by atoms with Crippen LogP contribution in [-0.4, -0.2) is 44.3 Å². The van der Waals surface area contributed by atoms with Gasteiger partial charge in [-0.15, -0.1) is 0 Å². The second-order valence-electron chi connectivity index (χ2n) is 4.95. The maximum Gasteiger partial charge on any atom is 0.246 e. The fourth-order valence-electron chi connectivity index (χ4n) is 2.38. The predicted molar refractivity (Wildman–Crippen MR) is 70.5 cm³/mol. The van der Waals surface area contributed by atoms with Crippen LogP contribution in [0.1, 0.15) is 38.5 Å². The monoisotopic (exact) mass is 272 g/mol. The van der Waals surface area contributed by atoms with Crippen molar-refractivity contribution in [1.29, 1.82) is 0 Å². The predicted octanol–water partition coefficient (Wildman–Crippen LogP) is 0.344. The number of nitrogens with one attached hydrogen (secondary N) is 1. The van der Waals surface area contributed by atoms with Crippen LogP contribution in [0.5, 0.6) is 0 Å². The standard InChI is InChI=1S/C13H24N2O4/c1-18-8-9-19-10-11(16)15-13(12(14)17)6-4-2-3-5-7-13/h2-10H2,1H3,(H2,14,17)(H,15,16). The minimum absolute atomic E-state index is 0.0710. The Bertz CT molecular complexity index is 299. The van der Waals surface area contributed by atoms with Crippen molar-refractivity contribution in [3.05, 3.63) is 0 Å². The quantitative estimate of drug-likeness (QED) is 0.516. The molecule has 3 N–H and O–H groups in total. The third-order valence-corrected chi connectivity index (χ3v) is 3.47. The molecule has 0 bridgehead atoms. The summed E-state index contributed by atoms with van der Waals surface area (Å²) in [7, 11) is 1.57. The molecule has 110 valence electrons. The highest BCUT2D eigenvalue weighted by Crippen LogP contribution is 2.26. The lowest BCUT2D eigenvalue weighted by Crippen LogP contribution is -2.58. The molecule has 6 heteroatoms. The third-order valence-electron chi connectivity index (χ3n) is 3.47. The average molecular weight is 272 g/mol. The summed E-state index contributed by atoms with van der Waals surface area (Å²) in [6.45, 7) is 0.722. The van der Waals surface area contributed by atoms with Crippen molar-refractivity contribution in [3.63, 3.8) is 0 Å². The smallest absolute Gasteiger partial charge is 0.246 e. The summed E-state index contributed by atoms with van der Waals surface area (Å²) in [5, 5.41) is 2.77. The second-order valence-corrected chi connectivity index (χ2v) is 4.95. The molecule has 0 aromatic rings. The van der Waals surface area contributed by atoms with Gasteiger partial charge in [-0.05, 0) is 12.8 Å². The Kier molecular flexibility index (Phi) is 6.80. The molecule has 2 amide bonds. The van der Waals surface area contributed by atoms with Gasteiger partial charge in [-0.1, -0.05) is 25.7 Å². The molecular weight excluding hydrogens is 248 g/mol. The Labute approximate surface area is 114 Å². The maximum absolute atomic E-state index is 11.8. The van der Waals surface area contributed by atoms with Gasteiger partial charge in [-0.25, -0.2) is 0 Å². The lowest BCUT2D eigenvalue weighted by atomic mass is 9.89. The van der Waals surface area contributed by atoms with E-state index in [1.165, 1.54) is 0 Å². The molecule has 0 spiro atoms. The van der Waals surface area contributed by atoms with Gasteiger partial charge in [-0.3, -0.25) is 9.59 Å². The number of rotatable bonds is 7. The van der Waals surface area contributed by atoms with E-state index in [9.17, 15) is 9.59 Å². The van der Waals surface area contributed by atoms with Crippen LogP contribution in [0.15, 0.2) is 0 Å². The van der Waals surface area contributed by atoms with Crippen molar-refractivity contribution in [2.24, 2.45) is 5.73 Å². The van der Waals surface area contributed by atoms with E-state index < -0.39 is 11.4 Å². The number of primary amides is 1. The molecule has 1 saturated carbocycles.